The lowest BCUT2D eigenvalue weighted by Crippen LogP contribution is -2.30. The SMILES string of the molecule is CCN(c1ccc(C)cc1)S(=O)(=O)c1c[nH]c(C(=O)O)c1. The van der Waals surface area contributed by atoms with Gasteiger partial charge in [0.25, 0.3) is 10.0 Å². The molecule has 0 atom stereocenters. The van der Waals surface area contributed by atoms with Gasteiger partial charge in [0, 0.05) is 12.7 Å². The molecule has 0 unspecified atom stereocenters. The molecule has 2 N–H and O–H groups in total. The van der Waals surface area contributed by atoms with Crippen molar-refractivity contribution in [3.8, 4) is 0 Å². The molecule has 0 fully saturated rings. The van der Waals surface area contributed by atoms with Crippen LogP contribution >= 0.6 is 0 Å². The fraction of sp³-hybridized carbons (Fsp3) is 0.214. The average molecular weight is 308 g/mol. The second-order valence-corrected chi connectivity index (χ2v) is 6.42. The summed E-state index contributed by atoms with van der Waals surface area (Å²) in [7, 11) is -3.79. The Balaban J connectivity index is 2.43. The number of aromatic amines is 1. The predicted molar refractivity (Wildman–Crippen MR) is 79.1 cm³/mol. The Hall–Kier alpha value is -2.28. The summed E-state index contributed by atoms with van der Waals surface area (Å²) in [5.41, 5.74) is 1.41. The highest BCUT2D eigenvalue weighted by Crippen LogP contribution is 2.24. The summed E-state index contributed by atoms with van der Waals surface area (Å²) in [6.07, 6.45) is 1.19. The van der Waals surface area contributed by atoms with Crippen molar-refractivity contribution < 1.29 is 18.3 Å². The van der Waals surface area contributed by atoms with E-state index in [1.54, 1.807) is 19.1 Å². The zero-order chi connectivity index (χ0) is 15.6. The minimum atomic E-state index is -3.79. The van der Waals surface area contributed by atoms with E-state index < -0.39 is 16.0 Å². The van der Waals surface area contributed by atoms with Crippen LogP contribution in [0, 0.1) is 6.92 Å². The first-order valence-electron chi connectivity index (χ1n) is 6.37. The van der Waals surface area contributed by atoms with Gasteiger partial charge in [0.15, 0.2) is 0 Å². The molecule has 0 spiro atoms. The monoisotopic (exact) mass is 308 g/mol. The molecule has 1 aromatic carbocycles. The minimum Gasteiger partial charge on any atom is -0.477 e. The third kappa shape index (κ3) is 2.92. The highest BCUT2D eigenvalue weighted by Gasteiger charge is 2.25. The molecular formula is C14H16N2O4S. The van der Waals surface area contributed by atoms with Gasteiger partial charge in [0.2, 0.25) is 0 Å². The lowest BCUT2D eigenvalue weighted by Gasteiger charge is -2.22. The zero-order valence-corrected chi connectivity index (χ0v) is 12.5. The smallest absolute Gasteiger partial charge is 0.352 e. The molecule has 0 aliphatic heterocycles. The quantitative estimate of drug-likeness (QED) is 0.886. The highest BCUT2D eigenvalue weighted by molar-refractivity contribution is 7.92. The maximum absolute atomic E-state index is 12.6. The van der Waals surface area contributed by atoms with E-state index >= 15 is 0 Å². The number of aromatic nitrogens is 1. The number of rotatable bonds is 5. The largest absolute Gasteiger partial charge is 0.477 e. The van der Waals surface area contributed by atoms with Gasteiger partial charge in [-0.25, -0.2) is 13.2 Å². The second kappa shape index (κ2) is 5.61. The summed E-state index contributed by atoms with van der Waals surface area (Å²) in [5, 5.41) is 8.87. The van der Waals surface area contributed by atoms with Crippen LogP contribution in [0.3, 0.4) is 0 Å². The van der Waals surface area contributed by atoms with E-state index in [2.05, 4.69) is 4.98 Å². The average Bonchev–Trinajstić information content (AvgIpc) is 2.92. The minimum absolute atomic E-state index is 0.0673. The molecule has 0 saturated carbocycles. The summed E-state index contributed by atoms with van der Waals surface area (Å²) in [4.78, 5) is 13.2. The molecule has 7 heteroatoms. The number of carboxylic acid groups (broad SMARTS) is 1. The van der Waals surface area contributed by atoms with Crippen molar-refractivity contribution >= 4 is 21.7 Å². The molecule has 0 bridgehead atoms. The fourth-order valence-corrected chi connectivity index (χ4v) is 3.44. The molecule has 0 aliphatic rings. The Bertz CT molecular complexity index is 748. The molecule has 0 radical (unpaired) electrons. The number of hydrogen-bond acceptors (Lipinski definition) is 3. The molecule has 2 aromatic rings. The number of carboxylic acids is 1. The first-order chi connectivity index (χ1) is 9.86. The van der Waals surface area contributed by atoms with Crippen molar-refractivity contribution in [3.63, 3.8) is 0 Å². The molecule has 0 amide bonds. The number of aromatic carboxylic acids is 1. The van der Waals surface area contributed by atoms with Crippen molar-refractivity contribution in [1.29, 1.82) is 0 Å². The molecule has 0 saturated heterocycles. The van der Waals surface area contributed by atoms with E-state index in [1.165, 1.54) is 10.5 Å². The maximum atomic E-state index is 12.6. The van der Waals surface area contributed by atoms with Gasteiger partial charge in [0.05, 0.1) is 5.69 Å². The third-order valence-electron chi connectivity index (χ3n) is 3.08. The van der Waals surface area contributed by atoms with Crippen LogP contribution in [0.15, 0.2) is 41.4 Å². The Morgan fingerprint density at radius 3 is 2.38 bits per heavy atom. The number of H-pyrrole nitrogens is 1. The number of hydrogen-bond donors (Lipinski definition) is 2. The molecule has 6 nitrogen and oxygen atoms in total. The number of anilines is 1. The fourth-order valence-electron chi connectivity index (χ4n) is 1.98. The summed E-state index contributed by atoms with van der Waals surface area (Å²) < 4.78 is 26.4. The topological polar surface area (TPSA) is 90.5 Å². The standard InChI is InChI=1S/C14H16N2O4S/c1-3-16(11-6-4-10(2)5-7-11)21(19,20)12-8-13(14(17)18)15-9-12/h4-9,15H,3H2,1-2H3,(H,17,18). The van der Waals surface area contributed by atoms with Gasteiger partial charge in [-0.15, -0.1) is 0 Å². The summed E-state index contributed by atoms with van der Waals surface area (Å²) in [6, 6.07) is 8.22. The van der Waals surface area contributed by atoms with Crippen molar-refractivity contribution in [2.75, 3.05) is 10.8 Å². The number of carbonyl (C=O) groups is 1. The van der Waals surface area contributed by atoms with Crippen LogP contribution in [0.25, 0.3) is 0 Å². The van der Waals surface area contributed by atoms with Gasteiger partial charge in [0.1, 0.15) is 10.6 Å². The second-order valence-electron chi connectivity index (χ2n) is 4.56. The van der Waals surface area contributed by atoms with Crippen LogP contribution < -0.4 is 4.31 Å². The zero-order valence-electron chi connectivity index (χ0n) is 11.7. The Kier molecular flexibility index (Phi) is 4.04. The summed E-state index contributed by atoms with van der Waals surface area (Å²) in [6.45, 7) is 3.89. The van der Waals surface area contributed by atoms with Gasteiger partial charge < -0.3 is 10.1 Å². The third-order valence-corrected chi connectivity index (χ3v) is 4.96. The Morgan fingerprint density at radius 2 is 1.90 bits per heavy atom. The number of nitrogens with one attached hydrogen (secondary N) is 1. The van der Waals surface area contributed by atoms with Crippen LogP contribution in [0.2, 0.25) is 0 Å². The van der Waals surface area contributed by atoms with E-state index in [4.69, 9.17) is 5.11 Å². The van der Waals surface area contributed by atoms with Crippen LogP contribution in [-0.4, -0.2) is 31.0 Å². The van der Waals surface area contributed by atoms with Crippen LogP contribution in [-0.2, 0) is 10.0 Å². The predicted octanol–water partition coefficient (Wildman–Crippen LogP) is 2.24. The summed E-state index contributed by atoms with van der Waals surface area (Å²) in [5.74, 6) is -1.20. The maximum Gasteiger partial charge on any atom is 0.352 e. The molecule has 1 aromatic heterocycles. The molecule has 1 heterocycles. The van der Waals surface area contributed by atoms with E-state index in [1.807, 2.05) is 19.1 Å². The molecular weight excluding hydrogens is 292 g/mol. The number of sulfonamides is 1. The first kappa shape index (κ1) is 15.1. The number of aryl methyl sites for hydroxylation is 1. The normalized spacial score (nSPS) is 11.3. The molecule has 2 rings (SSSR count). The lowest BCUT2D eigenvalue weighted by atomic mass is 10.2. The van der Waals surface area contributed by atoms with E-state index in [-0.39, 0.29) is 17.1 Å². The molecule has 0 aliphatic carbocycles. The van der Waals surface area contributed by atoms with Crippen LogP contribution in [0.5, 0.6) is 0 Å². The van der Waals surface area contributed by atoms with Crippen molar-refractivity contribution in [2.24, 2.45) is 0 Å². The lowest BCUT2D eigenvalue weighted by molar-refractivity contribution is 0.0691. The van der Waals surface area contributed by atoms with E-state index in [0.29, 0.717) is 5.69 Å². The van der Waals surface area contributed by atoms with Crippen LogP contribution in [0.4, 0.5) is 5.69 Å². The van der Waals surface area contributed by atoms with E-state index in [0.717, 1.165) is 11.6 Å². The van der Waals surface area contributed by atoms with E-state index in [9.17, 15) is 13.2 Å². The molecule has 112 valence electrons. The molecule has 21 heavy (non-hydrogen) atoms. The van der Waals surface area contributed by atoms with Crippen molar-refractivity contribution in [2.45, 2.75) is 18.7 Å². The van der Waals surface area contributed by atoms with Gasteiger partial charge >= 0.3 is 5.97 Å². The van der Waals surface area contributed by atoms with Crippen LogP contribution in [0.1, 0.15) is 23.0 Å². The Labute approximate surface area is 123 Å². The van der Waals surface area contributed by atoms with Crippen molar-refractivity contribution in [1.82, 2.24) is 4.98 Å². The van der Waals surface area contributed by atoms with Gasteiger partial charge in [-0.2, -0.15) is 0 Å². The van der Waals surface area contributed by atoms with Gasteiger partial charge in [-0.05, 0) is 32.0 Å². The number of benzene rings is 1. The number of nitrogens with zero attached hydrogens (tertiary/aromatic N) is 1. The first-order valence-corrected chi connectivity index (χ1v) is 7.81. The summed E-state index contributed by atoms with van der Waals surface area (Å²) >= 11 is 0. The van der Waals surface area contributed by atoms with Crippen molar-refractivity contribution in [3.05, 3.63) is 47.8 Å². The Morgan fingerprint density at radius 1 is 1.29 bits per heavy atom. The van der Waals surface area contributed by atoms with Gasteiger partial charge in [-0.1, -0.05) is 17.7 Å². The highest BCUT2D eigenvalue weighted by atomic mass is 32.2. The van der Waals surface area contributed by atoms with Gasteiger partial charge in [-0.3, -0.25) is 4.31 Å².